The number of benzene rings is 2. The molecule has 3 amide bonds. The minimum Gasteiger partial charge on any atom is -0.423 e. The van der Waals surface area contributed by atoms with Gasteiger partial charge in [-0.15, -0.1) is 0 Å². The Morgan fingerprint density at radius 1 is 1.04 bits per heavy atom. The summed E-state index contributed by atoms with van der Waals surface area (Å²) in [5.74, 6) is -1.18. The van der Waals surface area contributed by atoms with Crippen LogP contribution in [0.1, 0.15) is 49.8 Å². The van der Waals surface area contributed by atoms with Crippen molar-refractivity contribution in [1.29, 1.82) is 0 Å². The molecular weight excluding hydrogens is 604 g/mol. The fourth-order valence-corrected chi connectivity index (χ4v) is 5.99. The lowest BCUT2D eigenvalue weighted by Crippen LogP contribution is -2.50. The van der Waals surface area contributed by atoms with E-state index in [1.807, 2.05) is 13.8 Å². The van der Waals surface area contributed by atoms with Crippen LogP contribution in [0.2, 0.25) is 0 Å². The zero-order valence-electron chi connectivity index (χ0n) is 26.0. The van der Waals surface area contributed by atoms with E-state index in [9.17, 15) is 32.6 Å². The predicted octanol–water partition coefficient (Wildman–Crippen LogP) is 0.814. The van der Waals surface area contributed by atoms with Gasteiger partial charge in [-0.2, -0.15) is 13.2 Å². The van der Waals surface area contributed by atoms with E-state index in [1.54, 1.807) is 23.1 Å². The van der Waals surface area contributed by atoms with Crippen LogP contribution in [-0.2, 0) is 37.2 Å². The van der Waals surface area contributed by atoms with E-state index in [1.165, 1.54) is 12.1 Å². The fraction of sp³-hybridized carbons (Fsp3) is 0.516. The molecule has 4 atom stereocenters. The molecule has 9 N–H and O–H groups in total. The highest BCUT2D eigenvalue weighted by atomic mass is 19.4. The molecule has 0 aromatic heterocycles. The predicted molar refractivity (Wildman–Crippen MR) is 167 cm³/mol. The van der Waals surface area contributed by atoms with Crippen molar-refractivity contribution in [3.8, 4) is 0 Å². The van der Waals surface area contributed by atoms with E-state index in [0.717, 1.165) is 17.7 Å². The Morgan fingerprint density at radius 3 is 2.26 bits per heavy atom. The molecule has 0 spiro atoms. The summed E-state index contributed by atoms with van der Waals surface area (Å²) in [6.07, 6.45) is -4.21. The summed E-state index contributed by atoms with van der Waals surface area (Å²) >= 11 is 0. The number of nitrogens with zero attached hydrogens (tertiary/aromatic N) is 1. The van der Waals surface area contributed by atoms with Crippen molar-refractivity contribution in [2.75, 3.05) is 31.5 Å². The largest absolute Gasteiger partial charge is 0.492 e. The first-order valence-corrected chi connectivity index (χ1v) is 15.3. The van der Waals surface area contributed by atoms with Crippen molar-refractivity contribution in [2.24, 2.45) is 29.0 Å². The summed E-state index contributed by atoms with van der Waals surface area (Å²) < 4.78 is 44.6. The highest BCUT2D eigenvalue weighted by molar-refractivity contribution is 6.62. The topological polar surface area (TPSA) is 186 Å². The van der Waals surface area contributed by atoms with Crippen LogP contribution in [0.4, 0.5) is 18.9 Å². The first-order chi connectivity index (χ1) is 21.6. The molecule has 1 fully saturated rings. The lowest BCUT2D eigenvalue weighted by atomic mass is 9.78. The fourth-order valence-electron chi connectivity index (χ4n) is 5.99. The Balaban J connectivity index is 1.42. The first-order valence-electron chi connectivity index (χ1n) is 15.3. The maximum atomic E-state index is 13.5. The van der Waals surface area contributed by atoms with E-state index >= 15 is 0 Å². The molecule has 2 aromatic rings. The Hall–Kier alpha value is -3.50. The van der Waals surface area contributed by atoms with Crippen LogP contribution in [0.25, 0.3) is 0 Å². The van der Waals surface area contributed by atoms with E-state index in [4.69, 9.17) is 21.9 Å². The molecule has 250 valence electrons. The summed E-state index contributed by atoms with van der Waals surface area (Å²) in [6.45, 7) is 5.44. The second-order valence-electron chi connectivity index (χ2n) is 12.5. The second kappa shape index (κ2) is 14.5. The van der Waals surface area contributed by atoms with Crippen LogP contribution >= 0.6 is 0 Å². The molecular formula is C31H42BF3N6O5. The van der Waals surface area contributed by atoms with Crippen LogP contribution in [0.3, 0.4) is 0 Å². The summed E-state index contributed by atoms with van der Waals surface area (Å²) in [5.41, 5.74) is 18.4. The number of carbonyl (C=O) groups excluding carboxylic acids is 3. The standard InChI is InChI=1S/C31H42BF3N6O5/c1-30(2)23-9-8-22(13-24(23)32(45)46-30)39-29(44)26(11-5-18-3-6-21(7-4-18)31(33,34)35)40-28(43)25(38)10-12-27(42)41-16-19(14-36)20(15-37)17-41/h3-4,6-9,13,19-20,25-26,45H,5,10-12,14-17,36-38H2,1-2H3,(H,39,44)(H,40,43)/t19-,20-,25-,26+/m0/s1. The van der Waals surface area contributed by atoms with Crippen LogP contribution in [0, 0.1) is 11.8 Å². The highest BCUT2D eigenvalue weighted by Gasteiger charge is 2.41. The number of halogens is 3. The molecule has 2 aromatic carbocycles. The zero-order valence-corrected chi connectivity index (χ0v) is 26.0. The normalized spacial score (nSPS) is 20.3. The van der Waals surface area contributed by atoms with Crippen molar-refractivity contribution >= 4 is 36.0 Å². The molecule has 0 aliphatic carbocycles. The van der Waals surface area contributed by atoms with Crippen molar-refractivity contribution in [3.05, 3.63) is 59.2 Å². The third-order valence-electron chi connectivity index (χ3n) is 8.82. The number of hydrogen-bond donors (Lipinski definition) is 6. The van der Waals surface area contributed by atoms with Crippen LogP contribution in [0.5, 0.6) is 0 Å². The Morgan fingerprint density at radius 2 is 1.67 bits per heavy atom. The van der Waals surface area contributed by atoms with Crippen molar-refractivity contribution in [1.82, 2.24) is 10.2 Å². The van der Waals surface area contributed by atoms with Gasteiger partial charge in [0.05, 0.1) is 17.2 Å². The van der Waals surface area contributed by atoms with Crippen LogP contribution < -0.4 is 33.3 Å². The number of nitrogens with two attached hydrogens (primary N) is 3. The number of likely N-dealkylation sites (tertiary alicyclic amines) is 1. The van der Waals surface area contributed by atoms with E-state index in [2.05, 4.69) is 10.6 Å². The third-order valence-corrected chi connectivity index (χ3v) is 8.82. The van der Waals surface area contributed by atoms with Gasteiger partial charge in [-0.1, -0.05) is 18.2 Å². The van der Waals surface area contributed by atoms with Crippen molar-refractivity contribution in [3.63, 3.8) is 0 Å². The Labute approximate surface area is 266 Å². The highest BCUT2D eigenvalue weighted by Crippen LogP contribution is 2.31. The summed E-state index contributed by atoms with van der Waals surface area (Å²) in [7, 11) is -1.18. The molecule has 4 rings (SSSR count). The van der Waals surface area contributed by atoms with E-state index < -0.39 is 48.4 Å². The smallest absolute Gasteiger partial charge is 0.423 e. The maximum Gasteiger partial charge on any atom is 0.492 e. The molecule has 15 heteroatoms. The van der Waals surface area contributed by atoms with Gasteiger partial charge < -0.3 is 42.4 Å². The Bertz CT molecular complexity index is 1400. The van der Waals surface area contributed by atoms with Gasteiger partial charge in [0.15, 0.2) is 0 Å². The van der Waals surface area contributed by atoms with Crippen molar-refractivity contribution < 1.29 is 37.2 Å². The number of hydrogen-bond acceptors (Lipinski definition) is 8. The van der Waals surface area contributed by atoms with Gasteiger partial charge in [0, 0.05) is 25.2 Å². The molecule has 2 aliphatic rings. The minimum atomic E-state index is -4.48. The van der Waals surface area contributed by atoms with Gasteiger partial charge >= 0.3 is 13.3 Å². The molecule has 46 heavy (non-hydrogen) atoms. The summed E-state index contributed by atoms with van der Waals surface area (Å²) in [5, 5.41) is 15.7. The molecule has 2 heterocycles. The van der Waals surface area contributed by atoms with Gasteiger partial charge in [0.1, 0.15) is 6.04 Å². The van der Waals surface area contributed by atoms with Gasteiger partial charge in [-0.25, -0.2) is 0 Å². The number of nitrogens with one attached hydrogen (secondary N) is 2. The van der Waals surface area contributed by atoms with Crippen LogP contribution in [0.15, 0.2) is 42.5 Å². The number of rotatable bonds is 12. The molecule has 2 aliphatic heterocycles. The lowest BCUT2D eigenvalue weighted by molar-refractivity contribution is -0.137. The van der Waals surface area contributed by atoms with Gasteiger partial charge in [0.2, 0.25) is 17.7 Å². The minimum absolute atomic E-state index is 0.0153. The first kappa shape index (κ1) is 35.4. The molecule has 1 saturated heterocycles. The number of aryl methyl sites for hydroxylation is 1. The van der Waals surface area contributed by atoms with Crippen molar-refractivity contribution in [2.45, 2.75) is 63.4 Å². The lowest BCUT2D eigenvalue weighted by Gasteiger charge is -2.22. The number of anilines is 1. The molecule has 0 unspecified atom stereocenters. The Kier molecular flexibility index (Phi) is 11.2. The number of fused-ring (bicyclic) bond motifs is 1. The number of alkyl halides is 3. The molecule has 0 radical (unpaired) electrons. The quantitative estimate of drug-likeness (QED) is 0.183. The third kappa shape index (κ3) is 8.45. The molecule has 0 bridgehead atoms. The average molecular weight is 647 g/mol. The molecule has 0 saturated carbocycles. The summed E-state index contributed by atoms with van der Waals surface area (Å²) in [4.78, 5) is 41.1. The SMILES string of the molecule is CC1(C)OB(O)c2cc(NC(=O)[C@@H](CCc3ccc(C(F)(F)F)cc3)NC(=O)[C@@H](N)CCC(=O)N3C[C@H](CN)[C@@H](CN)C3)ccc21. The zero-order chi connectivity index (χ0) is 33.8. The monoisotopic (exact) mass is 646 g/mol. The van der Waals surface area contributed by atoms with Crippen LogP contribution in [-0.4, -0.2) is 73.0 Å². The number of amides is 3. The van der Waals surface area contributed by atoms with E-state index in [-0.39, 0.29) is 43.4 Å². The maximum absolute atomic E-state index is 13.5. The van der Waals surface area contributed by atoms with Gasteiger partial charge in [-0.3, -0.25) is 14.4 Å². The number of carbonyl (C=O) groups is 3. The average Bonchev–Trinajstić information content (AvgIpc) is 3.54. The van der Waals surface area contributed by atoms with Gasteiger partial charge in [-0.05, 0) is 98.9 Å². The van der Waals surface area contributed by atoms with E-state index in [0.29, 0.717) is 42.9 Å². The molecule has 11 nitrogen and oxygen atoms in total. The van der Waals surface area contributed by atoms with Gasteiger partial charge in [0.25, 0.3) is 0 Å². The second-order valence-corrected chi connectivity index (χ2v) is 12.5. The summed E-state index contributed by atoms with van der Waals surface area (Å²) in [6, 6.07) is 7.32.